The van der Waals surface area contributed by atoms with E-state index in [1.54, 1.807) is 4.31 Å². The van der Waals surface area contributed by atoms with Gasteiger partial charge in [0.1, 0.15) is 0 Å². The molecule has 0 aromatic rings. The summed E-state index contributed by atoms with van der Waals surface area (Å²) in [5.41, 5.74) is 0. The van der Waals surface area contributed by atoms with E-state index in [1.165, 1.54) is 0 Å². The van der Waals surface area contributed by atoms with E-state index in [0.29, 0.717) is 18.2 Å². The lowest BCUT2D eigenvalue weighted by molar-refractivity contribution is 0.351. The summed E-state index contributed by atoms with van der Waals surface area (Å²) >= 11 is 1.85. The molecule has 4 nitrogen and oxygen atoms in total. The van der Waals surface area contributed by atoms with E-state index in [2.05, 4.69) is 5.32 Å². The van der Waals surface area contributed by atoms with Crippen LogP contribution in [0.15, 0.2) is 0 Å². The maximum Gasteiger partial charge on any atom is 0.214 e. The van der Waals surface area contributed by atoms with Crippen molar-refractivity contribution in [3.63, 3.8) is 0 Å². The van der Waals surface area contributed by atoms with Gasteiger partial charge in [-0.25, -0.2) is 8.42 Å². The molecule has 0 amide bonds. The molecular formula is C11H22N2O2S2. The van der Waals surface area contributed by atoms with Gasteiger partial charge in [0, 0.05) is 24.1 Å². The lowest BCUT2D eigenvalue weighted by Gasteiger charge is -2.33. The fraction of sp³-hybridized carbons (Fsp3) is 1.00. The largest absolute Gasteiger partial charge is 0.316 e. The van der Waals surface area contributed by atoms with Crippen molar-refractivity contribution in [3.8, 4) is 0 Å². The molecule has 2 heterocycles. The van der Waals surface area contributed by atoms with Crippen LogP contribution >= 0.6 is 11.8 Å². The van der Waals surface area contributed by atoms with Crippen molar-refractivity contribution in [2.45, 2.75) is 25.8 Å². The van der Waals surface area contributed by atoms with Crippen molar-refractivity contribution in [2.24, 2.45) is 5.92 Å². The predicted octanol–water partition coefficient (Wildman–Crippen LogP) is 0.753. The molecule has 2 aliphatic rings. The second-order valence-corrected chi connectivity index (χ2v) is 8.14. The molecule has 17 heavy (non-hydrogen) atoms. The van der Waals surface area contributed by atoms with Crippen LogP contribution in [-0.4, -0.2) is 55.7 Å². The number of thioether (sulfide) groups is 1. The molecule has 0 spiro atoms. The fourth-order valence-corrected chi connectivity index (χ4v) is 5.87. The van der Waals surface area contributed by atoms with Crippen LogP contribution in [0.3, 0.4) is 0 Å². The quantitative estimate of drug-likeness (QED) is 0.828. The minimum absolute atomic E-state index is 0.162. The number of hydrogen-bond acceptors (Lipinski definition) is 4. The van der Waals surface area contributed by atoms with Crippen LogP contribution in [-0.2, 0) is 10.0 Å². The third-order valence-electron chi connectivity index (χ3n) is 3.51. The van der Waals surface area contributed by atoms with Crippen molar-refractivity contribution >= 4 is 21.8 Å². The molecule has 2 atom stereocenters. The number of piperidine rings is 1. The van der Waals surface area contributed by atoms with Crippen molar-refractivity contribution < 1.29 is 8.42 Å². The van der Waals surface area contributed by atoms with Gasteiger partial charge in [0.25, 0.3) is 0 Å². The van der Waals surface area contributed by atoms with Crippen LogP contribution < -0.4 is 5.32 Å². The minimum atomic E-state index is -3.05. The molecular weight excluding hydrogens is 256 g/mol. The van der Waals surface area contributed by atoms with Gasteiger partial charge in [-0.05, 0) is 38.8 Å². The highest BCUT2D eigenvalue weighted by Crippen LogP contribution is 2.22. The maximum atomic E-state index is 12.4. The zero-order valence-corrected chi connectivity index (χ0v) is 12.0. The lowest BCUT2D eigenvalue weighted by Crippen LogP contribution is -2.47. The first-order valence-electron chi connectivity index (χ1n) is 6.37. The molecule has 2 unspecified atom stereocenters. The smallest absolute Gasteiger partial charge is 0.214 e. The van der Waals surface area contributed by atoms with Gasteiger partial charge >= 0.3 is 0 Å². The van der Waals surface area contributed by atoms with Gasteiger partial charge < -0.3 is 5.32 Å². The third kappa shape index (κ3) is 3.59. The molecule has 2 saturated heterocycles. The Morgan fingerprint density at radius 1 is 1.47 bits per heavy atom. The molecule has 6 heteroatoms. The summed E-state index contributed by atoms with van der Waals surface area (Å²) in [6.07, 6.45) is 2.15. The zero-order valence-electron chi connectivity index (χ0n) is 10.4. The summed E-state index contributed by atoms with van der Waals surface area (Å²) in [7, 11) is -3.05. The topological polar surface area (TPSA) is 49.4 Å². The van der Waals surface area contributed by atoms with Crippen molar-refractivity contribution in [1.82, 2.24) is 9.62 Å². The summed E-state index contributed by atoms with van der Waals surface area (Å²) in [5.74, 6) is 2.50. The van der Waals surface area contributed by atoms with Crippen LogP contribution in [0.4, 0.5) is 0 Å². The van der Waals surface area contributed by atoms with E-state index in [0.717, 1.165) is 37.4 Å². The Balaban J connectivity index is 1.96. The molecule has 0 saturated carbocycles. The summed E-state index contributed by atoms with van der Waals surface area (Å²) < 4.78 is 26.4. The number of rotatable bonds is 3. The van der Waals surface area contributed by atoms with E-state index in [9.17, 15) is 8.42 Å². The van der Waals surface area contributed by atoms with Crippen molar-refractivity contribution in [2.75, 3.05) is 36.9 Å². The minimum Gasteiger partial charge on any atom is -0.316 e. The second kappa shape index (κ2) is 5.91. The Hall–Kier alpha value is 0.220. The van der Waals surface area contributed by atoms with Crippen molar-refractivity contribution in [3.05, 3.63) is 0 Å². The maximum absolute atomic E-state index is 12.4. The summed E-state index contributed by atoms with van der Waals surface area (Å²) in [6.45, 7) is 4.60. The number of nitrogens with one attached hydrogen (secondary N) is 1. The monoisotopic (exact) mass is 278 g/mol. The standard InChI is InChI=1S/C11H22N2O2S2/c1-10-8-16-6-5-13(10)17(14,15)9-11-3-2-4-12-7-11/h10-12H,2-9H2,1H3. The van der Waals surface area contributed by atoms with E-state index in [1.807, 2.05) is 18.7 Å². The van der Waals surface area contributed by atoms with Crippen molar-refractivity contribution in [1.29, 1.82) is 0 Å². The molecule has 2 rings (SSSR count). The van der Waals surface area contributed by atoms with Gasteiger partial charge in [0.15, 0.2) is 0 Å². The van der Waals surface area contributed by atoms with Gasteiger partial charge in [-0.1, -0.05) is 0 Å². The zero-order chi connectivity index (χ0) is 12.3. The Kier molecular flexibility index (Phi) is 4.74. The highest BCUT2D eigenvalue weighted by Gasteiger charge is 2.32. The van der Waals surface area contributed by atoms with Gasteiger partial charge in [-0.3, -0.25) is 0 Å². The molecule has 0 radical (unpaired) electrons. The molecule has 2 aliphatic heterocycles. The number of nitrogens with zero attached hydrogens (tertiary/aromatic N) is 1. The van der Waals surface area contributed by atoms with Gasteiger partial charge in [0.2, 0.25) is 10.0 Å². The lowest BCUT2D eigenvalue weighted by atomic mass is 10.0. The normalized spacial score (nSPS) is 32.5. The second-order valence-electron chi connectivity index (χ2n) is 5.03. The Morgan fingerprint density at radius 2 is 2.29 bits per heavy atom. The molecule has 0 aliphatic carbocycles. The van der Waals surface area contributed by atoms with Gasteiger partial charge in [0.05, 0.1) is 5.75 Å². The average molecular weight is 278 g/mol. The summed E-state index contributed by atoms with van der Waals surface area (Å²) in [4.78, 5) is 0. The van der Waals surface area contributed by atoms with Crippen LogP contribution in [0.1, 0.15) is 19.8 Å². The van der Waals surface area contributed by atoms with Gasteiger partial charge in [-0.2, -0.15) is 16.1 Å². The number of sulfonamides is 1. The van der Waals surface area contributed by atoms with E-state index in [4.69, 9.17) is 0 Å². The Bertz CT molecular complexity index is 339. The van der Waals surface area contributed by atoms with E-state index < -0.39 is 10.0 Å². The molecule has 100 valence electrons. The fourth-order valence-electron chi connectivity index (χ4n) is 2.59. The van der Waals surface area contributed by atoms with Crippen LogP contribution in [0.2, 0.25) is 0 Å². The predicted molar refractivity (Wildman–Crippen MR) is 72.9 cm³/mol. The van der Waals surface area contributed by atoms with E-state index >= 15 is 0 Å². The number of hydrogen-bond donors (Lipinski definition) is 1. The molecule has 2 fully saturated rings. The highest BCUT2D eigenvalue weighted by atomic mass is 32.2. The average Bonchev–Trinajstić information content (AvgIpc) is 2.30. The molecule has 1 N–H and O–H groups in total. The summed E-state index contributed by atoms with van der Waals surface area (Å²) in [6, 6.07) is 0.162. The first-order valence-corrected chi connectivity index (χ1v) is 9.14. The SMILES string of the molecule is CC1CSCCN1S(=O)(=O)CC1CCCNC1. The van der Waals surface area contributed by atoms with Crippen LogP contribution in [0, 0.1) is 5.92 Å². The molecule has 0 aromatic carbocycles. The summed E-state index contributed by atoms with van der Waals surface area (Å²) in [5, 5.41) is 3.28. The first kappa shape index (κ1) is 13.6. The van der Waals surface area contributed by atoms with Crippen LogP contribution in [0.25, 0.3) is 0 Å². The molecule has 0 aromatic heterocycles. The third-order valence-corrected chi connectivity index (χ3v) is 6.85. The Morgan fingerprint density at radius 3 is 2.94 bits per heavy atom. The van der Waals surface area contributed by atoms with Crippen LogP contribution in [0.5, 0.6) is 0 Å². The Labute approximate surface area is 109 Å². The first-order chi connectivity index (χ1) is 8.09. The van der Waals surface area contributed by atoms with E-state index in [-0.39, 0.29) is 6.04 Å². The highest BCUT2D eigenvalue weighted by molar-refractivity contribution is 7.99. The van der Waals surface area contributed by atoms with Gasteiger partial charge in [-0.15, -0.1) is 0 Å². The molecule has 0 bridgehead atoms.